The van der Waals surface area contributed by atoms with Crippen molar-refractivity contribution in [2.24, 2.45) is 0 Å². The van der Waals surface area contributed by atoms with Crippen molar-refractivity contribution in [3.63, 3.8) is 0 Å². The molecule has 0 fully saturated rings. The number of carbonyl (C=O) groups excluding carboxylic acids is 1. The lowest BCUT2D eigenvalue weighted by Gasteiger charge is -2.11. The predicted octanol–water partition coefficient (Wildman–Crippen LogP) is 1.56. The summed E-state index contributed by atoms with van der Waals surface area (Å²) in [5.74, 6) is -1.29. The quantitative estimate of drug-likeness (QED) is 0.784. The van der Waals surface area contributed by atoms with Gasteiger partial charge in [0.2, 0.25) is 0 Å². The van der Waals surface area contributed by atoms with Gasteiger partial charge in [-0.05, 0) is 36.5 Å². The molecule has 0 radical (unpaired) electrons. The van der Waals surface area contributed by atoms with Crippen molar-refractivity contribution in [3.8, 4) is 11.8 Å². The smallest absolute Gasteiger partial charge is 0.359 e. The van der Waals surface area contributed by atoms with Crippen molar-refractivity contribution in [2.45, 2.75) is 0 Å². The molecule has 0 unspecified atom stereocenters. The molecule has 0 aliphatic rings. The molecule has 2 aromatic rings. The first-order valence-corrected chi connectivity index (χ1v) is 7.15. The van der Waals surface area contributed by atoms with E-state index in [1.54, 1.807) is 31.3 Å². The number of carbonyl (C=O) groups is 1. The van der Waals surface area contributed by atoms with Gasteiger partial charge in [-0.25, -0.2) is 9.18 Å². The largest absolute Gasteiger partial charge is 0.464 e. The number of halogens is 1. The van der Waals surface area contributed by atoms with E-state index in [4.69, 9.17) is 4.74 Å². The first kappa shape index (κ1) is 17.9. The van der Waals surface area contributed by atoms with Gasteiger partial charge in [-0.2, -0.15) is 15.0 Å². The Morgan fingerprint density at radius 2 is 2.00 bits per heavy atom. The summed E-state index contributed by atoms with van der Waals surface area (Å²) >= 11 is 0. The molecule has 0 N–H and O–H groups in total. The maximum Gasteiger partial charge on any atom is 0.359 e. The lowest BCUT2D eigenvalue weighted by Crippen LogP contribution is -2.28. The van der Waals surface area contributed by atoms with Crippen LogP contribution in [0.25, 0.3) is 11.8 Å². The molecule has 0 aliphatic heterocycles. The topological polar surface area (TPSA) is 88.2 Å². The van der Waals surface area contributed by atoms with Crippen LogP contribution in [0, 0.1) is 17.1 Å². The van der Waals surface area contributed by atoms with Crippen LogP contribution in [0.3, 0.4) is 0 Å². The van der Waals surface area contributed by atoms with E-state index in [1.165, 1.54) is 25.3 Å². The third-order valence-electron chi connectivity index (χ3n) is 3.23. The minimum Gasteiger partial charge on any atom is -0.464 e. The number of methoxy groups -OCH3 is 1. The minimum absolute atomic E-state index is 0.0615. The summed E-state index contributed by atoms with van der Waals surface area (Å²) in [6, 6.07) is 6.74. The molecule has 2 rings (SSSR count). The van der Waals surface area contributed by atoms with Gasteiger partial charge in [-0.15, -0.1) is 0 Å². The second-order valence-corrected chi connectivity index (χ2v) is 5.21. The molecule has 25 heavy (non-hydrogen) atoms. The van der Waals surface area contributed by atoms with Crippen molar-refractivity contribution in [2.75, 3.05) is 21.2 Å². The number of nitrogens with zero attached hydrogens (tertiary/aromatic N) is 4. The van der Waals surface area contributed by atoms with Gasteiger partial charge in [-0.1, -0.05) is 0 Å². The van der Waals surface area contributed by atoms with Gasteiger partial charge in [0.1, 0.15) is 17.4 Å². The molecule has 8 heteroatoms. The first-order chi connectivity index (χ1) is 11.9. The van der Waals surface area contributed by atoms with Crippen molar-refractivity contribution >= 4 is 12.0 Å². The van der Waals surface area contributed by atoms with E-state index in [0.717, 1.165) is 16.8 Å². The molecule has 128 valence electrons. The van der Waals surface area contributed by atoms with Crippen molar-refractivity contribution in [1.82, 2.24) is 14.7 Å². The molecule has 0 bridgehead atoms. The number of rotatable bonds is 4. The fraction of sp³-hybridized carbons (Fsp3) is 0.176. The highest BCUT2D eigenvalue weighted by molar-refractivity contribution is 5.92. The monoisotopic (exact) mass is 342 g/mol. The predicted molar refractivity (Wildman–Crippen MR) is 88.6 cm³/mol. The summed E-state index contributed by atoms with van der Waals surface area (Å²) in [5, 5.41) is 13.4. The van der Waals surface area contributed by atoms with E-state index in [1.807, 2.05) is 0 Å². The van der Waals surface area contributed by atoms with Gasteiger partial charge in [0, 0.05) is 19.7 Å². The van der Waals surface area contributed by atoms with Gasteiger partial charge in [0.25, 0.3) is 5.56 Å². The molecule has 0 atom stereocenters. The van der Waals surface area contributed by atoms with Gasteiger partial charge < -0.3 is 9.64 Å². The number of benzene rings is 1. The molecule has 1 aromatic heterocycles. The van der Waals surface area contributed by atoms with Crippen molar-refractivity contribution < 1.29 is 13.9 Å². The van der Waals surface area contributed by atoms with E-state index in [0.29, 0.717) is 0 Å². The maximum absolute atomic E-state index is 13.1. The van der Waals surface area contributed by atoms with Gasteiger partial charge in [0.05, 0.1) is 12.8 Å². The summed E-state index contributed by atoms with van der Waals surface area (Å²) in [7, 11) is 4.66. The van der Waals surface area contributed by atoms with Crippen LogP contribution in [0.5, 0.6) is 0 Å². The van der Waals surface area contributed by atoms with E-state index in [-0.39, 0.29) is 22.5 Å². The average Bonchev–Trinajstić information content (AvgIpc) is 2.60. The van der Waals surface area contributed by atoms with E-state index >= 15 is 0 Å². The van der Waals surface area contributed by atoms with Crippen LogP contribution in [-0.4, -0.2) is 41.9 Å². The molecular formula is C17H15FN4O3. The second kappa shape index (κ2) is 7.40. The summed E-state index contributed by atoms with van der Waals surface area (Å²) < 4.78 is 18.7. The summed E-state index contributed by atoms with van der Waals surface area (Å²) in [6.07, 6.45) is 3.01. The molecule has 1 heterocycles. The zero-order valence-corrected chi connectivity index (χ0v) is 13.9. The van der Waals surface area contributed by atoms with Crippen LogP contribution in [0.1, 0.15) is 21.6 Å². The lowest BCUT2D eigenvalue weighted by molar-refractivity contribution is 0.0591. The highest BCUT2D eigenvalue weighted by Gasteiger charge is 2.22. The summed E-state index contributed by atoms with van der Waals surface area (Å²) in [4.78, 5) is 26.4. The van der Waals surface area contributed by atoms with Crippen LogP contribution in [0.15, 0.2) is 35.3 Å². The Morgan fingerprint density at radius 1 is 1.36 bits per heavy atom. The zero-order valence-electron chi connectivity index (χ0n) is 13.9. The Labute approximate surface area is 143 Å². The van der Waals surface area contributed by atoms with E-state index in [9.17, 15) is 19.2 Å². The van der Waals surface area contributed by atoms with E-state index < -0.39 is 17.3 Å². The van der Waals surface area contributed by atoms with Gasteiger partial charge >= 0.3 is 5.97 Å². The Hall–Kier alpha value is -3.47. The van der Waals surface area contributed by atoms with Crippen LogP contribution in [0.4, 0.5) is 4.39 Å². The zero-order chi connectivity index (χ0) is 18.6. The second-order valence-electron chi connectivity index (χ2n) is 5.21. The normalized spacial score (nSPS) is 10.5. The molecule has 7 nitrogen and oxygen atoms in total. The van der Waals surface area contributed by atoms with Crippen LogP contribution in [-0.2, 0) is 4.74 Å². The highest BCUT2D eigenvalue weighted by atomic mass is 19.1. The lowest BCUT2D eigenvalue weighted by atomic mass is 10.1. The Bertz CT molecular complexity index is 925. The molecule has 0 saturated carbocycles. The summed E-state index contributed by atoms with van der Waals surface area (Å²) in [6.45, 7) is 0. The number of nitriles is 1. The highest BCUT2D eigenvalue weighted by Crippen LogP contribution is 2.15. The minimum atomic E-state index is -0.800. The number of hydrogen-bond donors (Lipinski definition) is 0. The van der Waals surface area contributed by atoms with E-state index in [2.05, 4.69) is 5.10 Å². The molecule has 1 aromatic carbocycles. The third kappa shape index (κ3) is 3.72. The van der Waals surface area contributed by atoms with Crippen LogP contribution in [0.2, 0.25) is 0 Å². The SMILES string of the molecule is COC(=O)c1nn(-c2ccc(F)cc2)c(=O)c(C#N)c1/C=C/N(C)C. The number of ether oxygens (including phenoxy) is 1. The van der Waals surface area contributed by atoms with Crippen molar-refractivity contribution in [1.29, 1.82) is 5.26 Å². The number of hydrogen-bond acceptors (Lipinski definition) is 6. The fourth-order valence-electron chi connectivity index (χ4n) is 2.04. The molecule has 0 saturated heterocycles. The maximum atomic E-state index is 13.1. The third-order valence-corrected chi connectivity index (χ3v) is 3.23. The number of esters is 1. The number of aromatic nitrogens is 2. The average molecular weight is 342 g/mol. The molecular weight excluding hydrogens is 327 g/mol. The molecule has 0 spiro atoms. The standard InChI is InChI=1S/C17H15FN4O3/c1-21(2)9-8-13-14(10-19)16(23)22(20-15(13)17(24)25-3)12-6-4-11(18)5-7-12/h4-9H,1-3H3/b9-8+. The van der Waals surface area contributed by atoms with Gasteiger partial charge in [0.15, 0.2) is 5.69 Å². The van der Waals surface area contributed by atoms with Crippen LogP contribution < -0.4 is 5.56 Å². The van der Waals surface area contributed by atoms with Gasteiger partial charge in [-0.3, -0.25) is 4.79 Å². The summed E-state index contributed by atoms with van der Waals surface area (Å²) in [5.41, 5.74) is -0.901. The molecule has 0 amide bonds. The van der Waals surface area contributed by atoms with Crippen LogP contribution >= 0.6 is 0 Å². The molecule has 0 aliphatic carbocycles. The Balaban J connectivity index is 2.81. The Kier molecular flexibility index (Phi) is 5.29. The Morgan fingerprint density at radius 3 is 2.52 bits per heavy atom. The fourth-order valence-corrected chi connectivity index (χ4v) is 2.04. The first-order valence-electron chi connectivity index (χ1n) is 7.15. The van der Waals surface area contributed by atoms with Crippen molar-refractivity contribution in [3.05, 3.63) is 63.5 Å².